The molecule has 0 atom stereocenters. The third-order valence-electron chi connectivity index (χ3n) is 4.46. The van der Waals surface area contributed by atoms with Crippen molar-refractivity contribution in [3.05, 3.63) is 23.9 Å². The molecule has 2 heterocycles. The first-order valence-corrected chi connectivity index (χ1v) is 10.3. The Hall–Kier alpha value is -1.34. The van der Waals surface area contributed by atoms with Crippen LogP contribution in [0.4, 0.5) is 13.2 Å². The molecule has 178 valence electrons. The maximum Gasteiger partial charge on any atom is 0.417 e. The summed E-state index contributed by atoms with van der Waals surface area (Å²) in [7, 11) is 0. The summed E-state index contributed by atoms with van der Waals surface area (Å²) < 4.78 is 54.0. The molecule has 0 saturated carbocycles. The molecule has 0 spiro atoms. The van der Waals surface area contributed by atoms with Crippen LogP contribution in [0.25, 0.3) is 0 Å². The van der Waals surface area contributed by atoms with E-state index in [2.05, 4.69) is 20.6 Å². The van der Waals surface area contributed by atoms with Crippen LogP contribution in [-0.4, -0.2) is 63.6 Å². The van der Waals surface area contributed by atoms with Crippen LogP contribution < -0.4 is 15.4 Å². The molecule has 0 aromatic carbocycles. The Morgan fingerprint density at radius 3 is 2.65 bits per heavy atom. The second-order valence-electron chi connectivity index (χ2n) is 6.90. The lowest BCUT2D eigenvalue weighted by Gasteiger charge is -2.21. The first kappa shape index (κ1) is 27.7. The van der Waals surface area contributed by atoms with Crippen molar-refractivity contribution in [2.45, 2.75) is 32.4 Å². The lowest BCUT2D eigenvalue weighted by molar-refractivity contribution is -0.137. The monoisotopic (exact) mass is 560 g/mol. The number of aliphatic imine (C=N–C) groups is 1. The Morgan fingerprint density at radius 2 is 2.00 bits per heavy atom. The third-order valence-corrected chi connectivity index (χ3v) is 4.46. The van der Waals surface area contributed by atoms with Gasteiger partial charge < -0.3 is 24.8 Å². The lowest BCUT2D eigenvalue weighted by Crippen LogP contribution is -2.39. The fourth-order valence-corrected chi connectivity index (χ4v) is 2.82. The van der Waals surface area contributed by atoms with Crippen molar-refractivity contribution in [2.75, 3.05) is 52.7 Å². The zero-order valence-corrected chi connectivity index (χ0v) is 20.1. The van der Waals surface area contributed by atoms with E-state index in [1.165, 1.54) is 6.07 Å². The molecule has 31 heavy (non-hydrogen) atoms. The Kier molecular flexibility index (Phi) is 13.8. The maximum absolute atomic E-state index is 12.5. The second kappa shape index (κ2) is 15.5. The molecule has 1 aliphatic heterocycles. The molecule has 2 N–H and O–H groups in total. The summed E-state index contributed by atoms with van der Waals surface area (Å²) in [5.41, 5.74) is -0.800. The van der Waals surface area contributed by atoms with Crippen molar-refractivity contribution >= 4 is 29.9 Å². The molecule has 0 bridgehead atoms. The summed E-state index contributed by atoms with van der Waals surface area (Å²) >= 11 is 0. The topological polar surface area (TPSA) is 77.0 Å². The number of hydrogen-bond donors (Lipinski definition) is 2. The summed E-state index contributed by atoms with van der Waals surface area (Å²) in [6, 6.07) is 2.16. The minimum absolute atomic E-state index is 0. The Morgan fingerprint density at radius 1 is 1.23 bits per heavy atom. The number of halogens is 4. The molecule has 1 aliphatic rings. The fraction of sp³-hybridized carbons (Fsp3) is 0.700. The van der Waals surface area contributed by atoms with Gasteiger partial charge in [0.15, 0.2) is 5.96 Å². The first-order valence-electron chi connectivity index (χ1n) is 10.3. The molecule has 7 nitrogen and oxygen atoms in total. The van der Waals surface area contributed by atoms with E-state index in [1.54, 1.807) is 0 Å². The minimum Gasteiger partial charge on any atom is -0.476 e. The molecule has 0 aliphatic carbocycles. The van der Waals surface area contributed by atoms with Crippen molar-refractivity contribution in [3.8, 4) is 5.88 Å². The summed E-state index contributed by atoms with van der Waals surface area (Å²) in [4.78, 5) is 8.15. The van der Waals surface area contributed by atoms with Crippen LogP contribution in [0.3, 0.4) is 0 Å². The van der Waals surface area contributed by atoms with E-state index in [4.69, 9.17) is 14.2 Å². The predicted molar refractivity (Wildman–Crippen MR) is 123 cm³/mol. The van der Waals surface area contributed by atoms with Gasteiger partial charge in [0.05, 0.1) is 12.1 Å². The molecule has 1 aromatic heterocycles. The first-order chi connectivity index (χ1) is 14.5. The van der Waals surface area contributed by atoms with E-state index < -0.39 is 11.7 Å². The zero-order valence-electron chi connectivity index (χ0n) is 17.7. The molecule has 1 saturated heterocycles. The molecule has 0 amide bonds. The molecule has 1 aromatic rings. The SMILES string of the molecule is CCNC(=NCCCOCC1CCOCC1)NCCOc1ccc(C(F)(F)F)cn1.I. The fourth-order valence-electron chi connectivity index (χ4n) is 2.82. The van der Waals surface area contributed by atoms with E-state index in [0.717, 1.165) is 51.3 Å². The minimum atomic E-state index is -4.40. The van der Waals surface area contributed by atoms with E-state index in [1.807, 2.05) is 6.92 Å². The van der Waals surface area contributed by atoms with Crippen molar-refractivity contribution in [1.29, 1.82) is 0 Å². The van der Waals surface area contributed by atoms with Crippen LogP contribution in [-0.2, 0) is 15.7 Å². The maximum atomic E-state index is 12.5. The molecule has 1 fully saturated rings. The molecule has 0 radical (unpaired) electrons. The van der Waals surface area contributed by atoms with Gasteiger partial charge in [-0.1, -0.05) is 0 Å². The summed E-state index contributed by atoms with van der Waals surface area (Å²) in [5, 5.41) is 6.26. The van der Waals surface area contributed by atoms with Crippen LogP contribution in [0.2, 0.25) is 0 Å². The van der Waals surface area contributed by atoms with E-state index >= 15 is 0 Å². The van der Waals surface area contributed by atoms with Gasteiger partial charge in [-0.2, -0.15) is 13.2 Å². The molecular weight excluding hydrogens is 528 g/mol. The van der Waals surface area contributed by atoms with E-state index in [-0.39, 0.29) is 36.5 Å². The van der Waals surface area contributed by atoms with Gasteiger partial charge in [0, 0.05) is 51.8 Å². The highest BCUT2D eigenvalue weighted by Crippen LogP contribution is 2.29. The number of nitrogens with one attached hydrogen (secondary N) is 2. The highest BCUT2D eigenvalue weighted by atomic mass is 127. The second-order valence-corrected chi connectivity index (χ2v) is 6.90. The van der Waals surface area contributed by atoms with Crippen LogP contribution in [0.1, 0.15) is 31.7 Å². The molecule has 0 unspecified atom stereocenters. The lowest BCUT2D eigenvalue weighted by atomic mass is 10.0. The molecule has 2 rings (SSSR count). The smallest absolute Gasteiger partial charge is 0.417 e. The normalized spacial score (nSPS) is 15.3. The summed E-state index contributed by atoms with van der Waals surface area (Å²) in [6.07, 6.45) is -0.683. The number of pyridine rings is 1. The third kappa shape index (κ3) is 11.7. The van der Waals surface area contributed by atoms with Gasteiger partial charge in [-0.25, -0.2) is 4.98 Å². The van der Waals surface area contributed by atoms with Gasteiger partial charge in [-0.05, 0) is 38.2 Å². The standard InChI is InChI=1S/C20H31F3N4O3.HI/c1-2-24-19(25-8-3-10-29-15-16-6-11-28-12-7-16)26-9-13-30-18-5-4-17(14-27-18)20(21,22)23;/h4-5,14,16H,2-3,6-13,15H2,1H3,(H2,24,25,26);1H. The van der Waals surface area contributed by atoms with Crippen molar-refractivity contribution in [1.82, 2.24) is 15.6 Å². The van der Waals surface area contributed by atoms with Gasteiger partial charge >= 0.3 is 6.18 Å². The highest BCUT2D eigenvalue weighted by molar-refractivity contribution is 14.0. The number of guanidine groups is 1. The number of ether oxygens (including phenoxy) is 3. The average Bonchev–Trinajstić information content (AvgIpc) is 2.74. The quantitative estimate of drug-likeness (QED) is 0.187. The van der Waals surface area contributed by atoms with Crippen LogP contribution >= 0.6 is 24.0 Å². The van der Waals surface area contributed by atoms with Gasteiger partial charge in [0.2, 0.25) is 5.88 Å². The van der Waals surface area contributed by atoms with Crippen molar-refractivity contribution in [3.63, 3.8) is 0 Å². The van der Waals surface area contributed by atoms with Crippen molar-refractivity contribution < 1.29 is 27.4 Å². The predicted octanol–water partition coefficient (Wildman–Crippen LogP) is 3.49. The van der Waals surface area contributed by atoms with E-state index in [0.29, 0.717) is 38.1 Å². The van der Waals surface area contributed by atoms with Crippen LogP contribution in [0, 0.1) is 5.92 Å². The largest absolute Gasteiger partial charge is 0.476 e. The zero-order chi connectivity index (χ0) is 21.7. The van der Waals surface area contributed by atoms with Crippen molar-refractivity contribution in [2.24, 2.45) is 10.9 Å². The average molecular weight is 560 g/mol. The Balaban J connectivity index is 0.00000480. The van der Waals surface area contributed by atoms with Gasteiger partial charge in [0.25, 0.3) is 0 Å². The van der Waals surface area contributed by atoms with E-state index in [9.17, 15) is 13.2 Å². The van der Waals surface area contributed by atoms with Gasteiger partial charge in [-0.3, -0.25) is 4.99 Å². The van der Waals surface area contributed by atoms with Gasteiger partial charge in [-0.15, -0.1) is 24.0 Å². The number of aromatic nitrogens is 1. The Bertz CT molecular complexity index is 627. The number of alkyl halides is 3. The number of nitrogens with zero attached hydrogens (tertiary/aromatic N) is 2. The Labute approximate surface area is 198 Å². The van der Waals surface area contributed by atoms with Crippen LogP contribution in [0.15, 0.2) is 23.3 Å². The summed E-state index contributed by atoms with van der Waals surface area (Å²) in [6.45, 7) is 7.10. The summed E-state index contributed by atoms with van der Waals surface area (Å²) in [5.74, 6) is 1.40. The molecular formula is C20H32F3IN4O3. The number of hydrogen-bond acceptors (Lipinski definition) is 5. The molecule has 11 heteroatoms. The van der Waals surface area contributed by atoms with Crippen LogP contribution in [0.5, 0.6) is 5.88 Å². The number of rotatable bonds is 11. The highest BCUT2D eigenvalue weighted by Gasteiger charge is 2.30. The van der Waals surface area contributed by atoms with Gasteiger partial charge in [0.1, 0.15) is 6.61 Å².